The van der Waals surface area contributed by atoms with Gasteiger partial charge in [-0.25, -0.2) is 0 Å². The van der Waals surface area contributed by atoms with Crippen molar-refractivity contribution < 1.29 is 21.6 Å². The number of hydrogen-bond acceptors (Lipinski definition) is 3. The van der Waals surface area contributed by atoms with Gasteiger partial charge in [-0.3, -0.25) is 0 Å². The molecule has 2 N–H and O–H groups in total. The lowest BCUT2D eigenvalue weighted by Crippen LogP contribution is -2.20. The summed E-state index contributed by atoms with van der Waals surface area (Å²) in [6.07, 6.45) is 0. The van der Waals surface area contributed by atoms with E-state index >= 15 is 0 Å². The lowest BCUT2D eigenvalue weighted by molar-refractivity contribution is 0.288. The van der Waals surface area contributed by atoms with Crippen molar-refractivity contribution >= 4 is 7.32 Å². The first-order valence-corrected chi connectivity index (χ1v) is 4.53. The van der Waals surface area contributed by atoms with Crippen LogP contribution in [-0.4, -0.2) is 17.4 Å². The molecule has 0 amide bonds. The minimum Gasteiger partial charge on any atom is -0.512 e. The van der Waals surface area contributed by atoms with Gasteiger partial charge in [-0.2, -0.15) is 0 Å². The molecule has 16 heavy (non-hydrogen) atoms. The van der Waals surface area contributed by atoms with Gasteiger partial charge in [0.2, 0.25) is 0 Å². The Labute approximate surface area is 101 Å². The van der Waals surface area contributed by atoms with Gasteiger partial charge in [0.25, 0.3) is 0 Å². The van der Waals surface area contributed by atoms with E-state index in [9.17, 15) is 0 Å². The van der Waals surface area contributed by atoms with Crippen molar-refractivity contribution in [2.75, 3.05) is 0 Å². The van der Waals surface area contributed by atoms with E-state index in [1.54, 1.807) is 0 Å². The van der Waals surface area contributed by atoms with Crippen LogP contribution in [0.15, 0.2) is 54.5 Å². The summed E-state index contributed by atoms with van der Waals surface area (Å²) in [6.45, 7) is 0. The molecule has 2 aromatic rings. The quantitative estimate of drug-likeness (QED) is 0.772. The molecule has 0 unspecified atom stereocenters. The van der Waals surface area contributed by atoms with Crippen molar-refractivity contribution in [3.05, 3.63) is 54.5 Å². The summed E-state index contributed by atoms with van der Waals surface area (Å²) in [6, 6.07) is 3.93. The number of benzene rings is 2. The lowest BCUT2D eigenvalue weighted by Gasteiger charge is -2.06. The van der Waals surface area contributed by atoms with Gasteiger partial charge >= 0.3 is 7.32 Å². The second kappa shape index (κ2) is 4.83. The Hall–Kier alpha value is -1.78. The van der Waals surface area contributed by atoms with Crippen LogP contribution in [0.1, 0.15) is 6.85 Å². The van der Waals surface area contributed by atoms with Crippen LogP contribution in [0.3, 0.4) is 0 Å². The maximum Gasteiger partial charge on any atom is 0.707 e. The first-order valence-electron chi connectivity index (χ1n) is 7.03. The Balaban J connectivity index is 2.52. The maximum atomic E-state index is 8.69. The van der Waals surface area contributed by atoms with Crippen LogP contribution in [0.2, 0.25) is 0 Å². The predicted octanol–water partition coefficient (Wildman–Crippen LogP) is 1.70. The number of rotatable bonds is 3. The maximum absolute atomic E-state index is 8.69. The van der Waals surface area contributed by atoms with Crippen LogP contribution in [0.25, 0.3) is 11.1 Å². The average molecular weight is 219 g/mol. The molecule has 2 rings (SSSR count). The highest BCUT2D eigenvalue weighted by molar-refractivity contribution is 6.33. The van der Waals surface area contributed by atoms with Crippen LogP contribution in [-0.2, 0) is 0 Å². The molecule has 0 atom stereocenters. The fraction of sp³-hybridized carbons (Fsp3) is 0. The fourth-order valence-electron chi connectivity index (χ4n) is 1.22. The summed E-state index contributed by atoms with van der Waals surface area (Å²) in [4.78, 5) is 0. The molecular weight excluding hydrogens is 203 g/mol. The second-order valence-corrected chi connectivity index (χ2v) is 2.97. The smallest absolute Gasteiger partial charge is 0.512 e. The zero-order chi connectivity index (χ0) is 15.7. The third kappa shape index (κ3) is 2.62. The molecular formula is C12H11BO3. The van der Waals surface area contributed by atoms with Gasteiger partial charge < -0.3 is 14.7 Å². The summed E-state index contributed by atoms with van der Waals surface area (Å²) >= 11 is 0. The molecule has 0 aliphatic heterocycles. The second-order valence-electron chi connectivity index (χ2n) is 2.97. The van der Waals surface area contributed by atoms with Gasteiger partial charge in [0.05, 0.1) is 6.85 Å². The zero-order valence-electron chi connectivity index (χ0n) is 13.2. The molecule has 0 radical (unpaired) electrons. The van der Waals surface area contributed by atoms with Gasteiger partial charge in [0, 0.05) is 0 Å². The minimum atomic E-state index is -1.95. The van der Waals surface area contributed by atoms with E-state index < -0.39 is 25.4 Å². The molecule has 0 spiro atoms. The van der Waals surface area contributed by atoms with Crippen molar-refractivity contribution in [2.45, 2.75) is 0 Å². The Bertz CT molecular complexity index is 647. The normalized spacial score (nSPS) is 14.2. The van der Waals surface area contributed by atoms with Crippen molar-refractivity contribution in [3.8, 4) is 16.9 Å². The van der Waals surface area contributed by atoms with Crippen LogP contribution in [0.4, 0.5) is 0 Å². The zero-order valence-corrected chi connectivity index (χ0v) is 8.19. The highest BCUT2D eigenvalue weighted by Gasteiger charge is 2.10. The van der Waals surface area contributed by atoms with Crippen LogP contribution in [0, 0.1) is 0 Å². The first kappa shape index (κ1) is 6.08. The Kier molecular flexibility index (Phi) is 1.84. The molecule has 0 saturated heterocycles. The van der Waals surface area contributed by atoms with Crippen molar-refractivity contribution in [1.29, 1.82) is 0 Å². The Morgan fingerprint density at radius 3 is 2.12 bits per heavy atom. The molecule has 3 nitrogen and oxygen atoms in total. The van der Waals surface area contributed by atoms with Gasteiger partial charge in [0.15, 0.2) is 0 Å². The summed E-state index contributed by atoms with van der Waals surface area (Å²) < 4.78 is 43.1. The monoisotopic (exact) mass is 219 g/mol. The van der Waals surface area contributed by atoms with E-state index in [0.29, 0.717) is 5.56 Å². The predicted molar refractivity (Wildman–Crippen MR) is 62.7 cm³/mol. The SMILES string of the molecule is [2H]c1c([2H])c([2H])c(-c2ccc(OB(O)O)cc2)c([2H])c1[2H]. The van der Waals surface area contributed by atoms with Crippen LogP contribution in [0.5, 0.6) is 5.75 Å². The molecule has 0 aliphatic carbocycles. The van der Waals surface area contributed by atoms with E-state index in [-0.39, 0.29) is 23.4 Å². The van der Waals surface area contributed by atoms with Crippen LogP contribution >= 0.6 is 0 Å². The standard InChI is InChI=1S/C12H11BO3/c14-13(15)16-12-8-6-11(7-9-12)10-4-2-1-3-5-10/h1-9,14-15H/i1D,2D,3D,4D,5D. The molecule has 0 bridgehead atoms. The van der Waals surface area contributed by atoms with Gasteiger partial charge in [-0.1, -0.05) is 42.3 Å². The van der Waals surface area contributed by atoms with Gasteiger partial charge in [-0.15, -0.1) is 0 Å². The first-order chi connectivity index (χ1) is 9.82. The van der Waals surface area contributed by atoms with Gasteiger partial charge in [-0.05, 0) is 23.3 Å². The van der Waals surface area contributed by atoms with Crippen molar-refractivity contribution in [1.82, 2.24) is 0 Å². The third-order valence-electron chi connectivity index (χ3n) is 1.88. The van der Waals surface area contributed by atoms with E-state index in [2.05, 4.69) is 4.65 Å². The Morgan fingerprint density at radius 2 is 1.56 bits per heavy atom. The molecule has 0 aromatic heterocycles. The summed E-state index contributed by atoms with van der Waals surface area (Å²) in [5.74, 6) is 0.182. The summed E-state index contributed by atoms with van der Waals surface area (Å²) in [7, 11) is -1.95. The van der Waals surface area contributed by atoms with E-state index in [1.807, 2.05) is 0 Å². The van der Waals surface area contributed by atoms with Crippen molar-refractivity contribution in [3.63, 3.8) is 0 Å². The molecule has 0 saturated carbocycles. The van der Waals surface area contributed by atoms with E-state index in [1.165, 1.54) is 24.3 Å². The van der Waals surface area contributed by atoms with E-state index in [0.717, 1.165) is 0 Å². The summed E-state index contributed by atoms with van der Waals surface area (Å²) in [5.41, 5.74) is 0.490. The fourth-order valence-corrected chi connectivity index (χ4v) is 1.22. The van der Waals surface area contributed by atoms with Crippen molar-refractivity contribution in [2.24, 2.45) is 0 Å². The third-order valence-corrected chi connectivity index (χ3v) is 1.88. The van der Waals surface area contributed by atoms with E-state index in [4.69, 9.17) is 16.9 Å². The highest BCUT2D eigenvalue weighted by atomic mass is 16.6. The average Bonchev–Trinajstić information content (AvgIpc) is 2.44. The molecule has 2 aromatic carbocycles. The molecule has 0 fully saturated rings. The largest absolute Gasteiger partial charge is 0.707 e. The summed E-state index contributed by atoms with van der Waals surface area (Å²) in [5, 5.41) is 17.4. The minimum absolute atomic E-state index is 0.0806. The highest BCUT2D eigenvalue weighted by Crippen LogP contribution is 2.21. The topological polar surface area (TPSA) is 49.7 Å². The van der Waals surface area contributed by atoms with Crippen LogP contribution < -0.4 is 4.65 Å². The van der Waals surface area contributed by atoms with Gasteiger partial charge in [0.1, 0.15) is 5.75 Å². The molecule has 4 heteroatoms. The molecule has 80 valence electrons. The Morgan fingerprint density at radius 1 is 0.938 bits per heavy atom. The molecule has 0 aliphatic rings. The molecule has 0 heterocycles. The number of hydrogen-bond donors (Lipinski definition) is 2. The lowest BCUT2D eigenvalue weighted by atomic mass is 10.1.